The third kappa shape index (κ3) is 4.46. The lowest BCUT2D eigenvalue weighted by molar-refractivity contribution is -0.727. The summed E-state index contributed by atoms with van der Waals surface area (Å²) in [5, 5.41) is 17.6. The summed E-state index contributed by atoms with van der Waals surface area (Å²) in [4.78, 5) is 24.8. The van der Waals surface area contributed by atoms with Gasteiger partial charge in [0, 0.05) is 18.1 Å². The minimum atomic E-state index is -1.08. The Labute approximate surface area is 185 Å². The zero-order valence-corrected chi connectivity index (χ0v) is 17.8. The summed E-state index contributed by atoms with van der Waals surface area (Å²) < 4.78 is 6.75. The number of ether oxygens (including phenoxy) is 1. The molecule has 4 rings (SSSR count). The third-order valence-corrected chi connectivity index (χ3v) is 5.42. The molecule has 0 spiro atoms. The van der Waals surface area contributed by atoms with Crippen molar-refractivity contribution < 1.29 is 24.1 Å². The first-order valence-electron chi connectivity index (χ1n) is 10.2. The fourth-order valence-electron chi connectivity index (χ4n) is 3.68. The van der Waals surface area contributed by atoms with Gasteiger partial charge >= 0.3 is 11.9 Å². The number of fused-ring (bicyclic) bond motifs is 1. The molecule has 1 amide bonds. The van der Waals surface area contributed by atoms with Crippen molar-refractivity contribution in [3.63, 3.8) is 0 Å². The number of rotatable bonds is 7. The number of aryl methyl sites for hydroxylation is 1. The van der Waals surface area contributed by atoms with E-state index in [2.05, 4.69) is 10.4 Å². The van der Waals surface area contributed by atoms with Crippen molar-refractivity contribution in [3.8, 4) is 17.0 Å². The molecule has 1 unspecified atom stereocenters. The molecule has 3 aromatic carbocycles. The second-order valence-corrected chi connectivity index (χ2v) is 7.59. The standard InChI is InChI=1S/C25H23N3O4/c1-28-23(15-21(27-28)18-9-11-20(32-2)12-10-18)24(29)26-22(25(30)31)14-16-7-8-17-5-3-4-6-19(17)13-16/h3-13,15,22H,14H2,1-2H3,(H2,26,29,30,31)/p+1. The van der Waals surface area contributed by atoms with E-state index in [4.69, 9.17) is 4.74 Å². The highest BCUT2D eigenvalue weighted by atomic mass is 16.5. The fraction of sp³-hybridized carbons (Fsp3) is 0.160. The van der Waals surface area contributed by atoms with Gasteiger partial charge in [-0.25, -0.2) is 4.79 Å². The minimum absolute atomic E-state index is 0.186. The van der Waals surface area contributed by atoms with E-state index in [0.717, 1.165) is 33.3 Å². The average Bonchev–Trinajstić information content (AvgIpc) is 3.20. The molecule has 4 aromatic rings. The molecular weight excluding hydrogens is 406 g/mol. The lowest BCUT2D eigenvalue weighted by Gasteiger charge is -2.13. The van der Waals surface area contributed by atoms with Crippen LogP contribution in [0.5, 0.6) is 5.75 Å². The van der Waals surface area contributed by atoms with Gasteiger partial charge in [-0.2, -0.15) is 5.10 Å². The van der Waals surface area contributed by atoms with Gasteiger partial charge in [-0.15, -0.1) is 4.68 Å². The molecule has 3 N–H and O–H groups in total. The molecular formula is C25H24N3O4+. The number of nitrogens with zero attached hydrogens (tertiary/aromatic N) is 1. The van der Waals surface area contributed by atoms with Gasteiger partial charge in [-0.1, -0.05) is 42.5 Å². The number of carboxylic acids is 1. The number of carboxylic acid groups (broad SMARTS) is 1. The number of hydrogen-bond acceptors (Lipinski definition) is 3. The Morgan fingerprint density at radius 1 is 1.03 bits per heavy atom. The number of carbonyl (C=O) groups excluding carboxylic acids is 1. The summed E-state index contributed by atoms with van der Waals surface area (Å²) in [5.41, 5.74) is 2.79. The van der Waals surface area contributed by atoms with Crippen molar-refractivity contribution in [2.45, 2.75) is 12.5 Å². The van der Waals surface area contributed by atoms with Gasteiger partial charge in [0.15, 0.2) is 7.05 Å². The monoisotopic (exact) mass is 430 g/mol. The van der Waals surface area contributed by atoms with Gasteiger partial charge in [0.1, 0.15) is 17.5 Å². The summed E-state index contributed by atoms with van der Waals surface area (Å²) in [7, 11) is 3.31. The maximum atomic E-state index is 12.9. The van der Waals surface area contributed by atoms with E-state index in [1.165, 1.54) is 0 Å². The molecule has 0 saturated carbocycles. The van der Waals surface area contributed by atoms with E-state index >= 15 is 0 Å². The lowest BCUT2D eigenvalue weighted by Crippen LogP contribution is -2.47. The van der Waals surface area contributed by atoms with E-state index in [0.29, 0.717) is 5.69 Å². The van der Waals surface area contributed by atoms with Crippen molar-refractivity contribution in [2.24, 2.45) is 7.05 Å². The van der Waals surface area contributed by atoms with Crippen molar-refractivity contribution in [2.75, 3.05) is 7.11 Å². The highest BCUT2D eigenvalue weighted by Gasteiger charge is 2.27. The SMILES string of the molecule is COc1ccc(-c2cc(C(=O)NC(Cc3ccc4ccccc4c3)C(=O)O)[n+](C)[nH]2)cc1. The highest BCUT2D eigenvalue weighted by Crippen LogP contribution is 2.21. The Morgan fingerprint density at radius 2 is 1.75 bits per heavy atom. The average molecular weight is 430 g/mol. The van der Waals surface area contributed by atoms with Crippen LogP contribution in [0.4, 0.5) is 0 Å². The number of aromatic amines is 1. The second-order valence-electron chi connectivity index (χ2n) is 7.59. The minimum Gasteiger partial charge on any atom is -0.497 e. The highest BCUT2D eigenvalue weighted by molar-refractivity contribution is 5.94. The molecule has 32 heavy (non-hydrogen) atoms. The zero-order valence-electron chi connectivity index (χ0n) is 17.8. The van der Waals surface area contributed by atoms with E-state index in [9.17, 15) is 14.7 Å². The molecule has 1 heterocycles. The van der Waals surface area contributed by atoms with E-state index in [1.54, 1.807) is 24.9 Å². The Kier molecular flexibility index (Phi) is 5.89. The number of nitrogens with one attached hydrogen (secondary N) is 2. The number of benzene rings is 3. The molecule has 162 valence electrons. The topological polar surface area (TPSA) is 95.3 Å². The predicted molar refractivity (Wildman–Crippen MR) is 120 cm³/mol. The Bertz CT molecular complexity index is 1280. The number of aliphatic carboxylic acids is 1. The zero-order chi connectivity index (χ0) is 22.7. The Balaban J connectivity index is 1.52. The fourth-order valence-corrected chi connectivity index (χ4v) is 3.68. The first-order valence-corrected chi connectivity index (χ1v) is 10.2. The van der Waals surface area contributed by atoms with Crippen LogP contribution in [0.2, 0.25) is 0 Å². The van der Waals surface area contributed by atoms with Crippen molar-refractivity contribution in [1.82, 2.24) is 10.4 Å². The largest absolute Gasteiger partial charge is 0.497 e. The van der Waals surface area contributed by atoms with Crippen LogP contribution in [0, 0.1) is 0 Å². The molecule has 0 bridgehead atoms. The number of aromatic nitrogens is 2. The van der Waals surface area contributed by atoms with Crippen LogP contribution in [-0.2, 0) is 18.3 Å². The quantitative estimate of drug-likeness (QED) is 0.393. The van der Waals surface area contributed by atoms with Gasteiger partial charge in [0.25, 0.3) is 5.69 Å². The number of carbonyl (C=O) groups is 2. The molecule has 0 aliphatic carbocycles. The molecule has 0 fully saturated rings. The Hall–Kier alpha value is -4.13. The molecule has 0 aliphatic rings. The molecule has 0 radical (unpaired) electrons. The molecule has 0 aliphatic heterocycles. The molecule has 7 heteroatoms. The van der Waals surface area contributed by atoms with Crippen molar-refractivity contribution >= 4 is 22.6 Å². The normalized spacial score (nSPS) is 11.8. The Morgan fingerprint density at radius 3 is 2.44 bits per heavy atom. The number of amides is 1. The molecule has 1 atom stereocenters. The van der Waals surface area contributed by atoms with Gasteiger partial charge in [-0.05, 0) is 40.6 Å². The maximum absolute atomic E-state index is 12.9. The first-order chi connectivity index (χ1) is 15.4. The van der Waals surface area contributed by atoms with Crippen LogP contribution in [0.1, 0.15) is 16.1 Å². The first kappa shape index (κ1) is 21.1. The van der Waals surface area contributed by atoms with Crippen LogP contribution in [-0.4, -0.2) is 35.2 Å². The van der Waals surface area contributed by atoms with Crippen molar-refractivity contribution in [3.05, 3.63) is 84.1 Å². The summed E-state index contributed by atoms with van der Waals surface area (Å²) in [6, 6.07) is 21.8. The van der Waals surface area contributed by atoms with Gasteiger partial charge < -0.3 is 15.2 Å². The number of hydrogen-bond donors (Lipinski definition) is 3. The smallest absolute Gasteiger partial charge is 0.326 e. The maximum Gasteiger partial charge on any atom is 0.326 e. The van der Waals surface area contributed by atoms with Crippen LogP contribution in [0.25, 0.3) is 22.0 Å². The second kappa shape index (κ2) is 8.93. The van der Waals surface area contributed by atoms with Gasteiger partial charge in [-0.3, -0.25) is 4.79 Å². The van der Waals surface area contributed by atoms with E-state index in [1.807, 2.05) is 66.7 Å². The van der Waals surface area contributed by atoms with E-state index < -0.39 is 17.9 Å². The van der Waals surface area contributed by atoms with Crippen LogP contribution >= 0.6 is 0 Å². The summed E-state index contributed by atoms with van der Waals surface area (Å²) in [6.45, 7) is 0. The number of methoxy groups -OCH3 is 1. The third-order valence-electron chi connectivity index (χ3n) is 5.42. The van der Waals surface area contributed by atoms with Crippen molar-refractivity contribution in [1.29, 1.82) is 0 Å². The lowest BCUT2D eigenvalue weighted by atomic mass is 10.0. The summed E-state index contributed by atoms with van der Waals surface area (Å²) in [6.07, 6.45) is 0.186. The van der Waals surface area contributed by atoms with Gasteiger partial charge in [0.05, 0.1) is 7.11 Å². The van der Waals surface area contributed by atoms with Crippen LogP contribution in [0.3, 0.4) is 0 Å². The van der Waals surface area contributed by atoms with E-state index in [-0.39, 0.29) is 6.42 Å². The van der Waals surface area contributed by atoms with Gasteiger partial charge in [0.2, 0.25) is 0 Å². The summed E-state index contributed by atoms with van der Waals surface area (Å²) in [5.74, 6) is -0.808. The predicted octanol–water partition coefficient (Wildman–Crippen LogP) is 3.09. The van der Waals surface area contributed by atoms with Crippen LogP contribution in [0.15, 0.2) is 72.8 Å². The molecule has 7 nitrogen and oxygen atoms in total. The number of H-pyrrole nitrogens is 1. The summed E-state index contributed by atoms with van der Waals surface area (Å²) >= 11 is 0. The molecule has 0 saturated heterocycles. The molecule has 1 aromatic heterocycles. The van der Waals surface area contributed by atoms with Crippen LogP contribution < -0.4 is 14.7 Å².